The summed E-state index contributed by atoms with van der Waals surface area (Å²) in [5.41, 5.74) is 0.911. The van der Waals surface area contributed by atoms with Gasteiger partial charge in [0.15, 0.2) is 5.76 Å². The first-order chi connectivity index (χ1) is 8.69. The highest BCUT2D eigenvalue weighted by atomic mass is 35.5. The van der Waals surface area contributed by atoms with Gasteiger partial charge in [-0.25, -0.2) is 0 Å². The molecule has 1 aromatic heterocycles. The Hall–Kier alpha value is -1.58. The summed E-state index contributed by atoms with van der Waals surface area (Å²) in [5.74, 6) is 0.952. The maximum absolute atomic E-state index is 11.9. The Kier molecular flexibility index (Phi) is 4.18. The highest BCUT2D eigenvalue weighted by molar-refractivity contribution is 6.30. The highest BCUT2D eigenvalue weighted by Crippen LogP contribution is 2.14. The Morgan fingerprint density at radius 3 is 2.61 bits per heavy atom. The summed E-state index contributed by atoms with van der Waals surface area (Å²) in [5, 5.41) is 0.659. The SMILES string of the molecule is COCc1ccc(C(=O)Cc2ccc(Cl)cc2)o1. The van der Waals surface area contributed by atoms with Crippen LogP contribution in [0.4, 0.5) is 0 Å². The molecule has 0 aliphatic heterocycles. The van der Waals surface area contributed by atoms with Crippen LogP contribution in [0, 0.1) is 0 Å². The summed E-state index contributed by atoms with van der Waals surface area (Å²) in [7, 11) is 1.58. The summed E-state index contributed by atoms with van der Waals surface area (Å²) >= 11 is 5.79. The normalized spacial score (nSPS) is 10.6. The Balaban J connectivity index is 2.04. The molecule has 3 nitrogen and oxygen atoms in total. The number of halogens is 1. The van der Waals surface area contributed by atoms with Gasteiger partial charge in [-0.15, -0.1) is 0 Å². The lowest BCUT2D eigenvalue weighted by Crippen LogP contribution is -2.01. The number of hydrogen-bond donors (Lipinski definition) is 0. The maximum Gasteiger partial charge on any atom is 0.202 e. The van der Waals surface area contributed by atoms with Crippen LogP contribution in [-0.4, -0.2) is 12.9 Å². The van der Waals surface area contributed by atoms with E-state index in [4.69, 9.17) is 20.8 Å². The van der Waals surface area contributed by atoms with E-state index in [0.717, 1.165) is 5.56 Å². The third-order valence-electron chi connectivity index (χ3n) is 2.50. The van der Waals surface area contributed by atoms with Crippen molar-refractivity contribution in [2.24, 2.45) is 0 Å². The topological polar surface area (TPSA) is 39.4 Å². The minimum Gasteiger partial charge on any atom is -0.456 e. The molecule has 0 spiro atoms. The van der Waals surface area contributed by atoms with Gasteiger partial charge in [0.1, 0.15) is 12.4 Å². The molecule has 0 aliphatic carbocycles. The van der Waals surface area contributed by atoms with Crippen molar-refractivity contribution in [1.82, 2.24) is 0 Å². The predicted molar refractivity (Wildman–Crippen MR) is 68.9 cm³/mol. The monoisotopic (exact) mass is 264 g/mol. The molecule has 18 heavy (non-hydrogen) atoms. The van der Waals surface area contributed by atoms with Gasteiger partial charge in [0, 0.05) is 18.6 Å². The van der Waals surface area contributed by atoms with Crippen LogP contribution in [0.1, 0.15) is 21.9 Å². The van der Waals surface area contributed by atoms with Gasteiger partial charge < -0.3 is 9.15 Å². The maximum atomic E-state index is 11.9. The molecule has 1 aromatic carbocycles. The number of ether oxygens (including phenoxy) is 1. The minimum atomic E-state index is -0.0559. The van der Waals surface area contributed by atoms with Gasteiger partial charge in [-0.1, -0.05) is 23.7 Å². The van der Waals surface area contributed by atoms with E-state index in [2.05, 4.69) is 0 Å². The fourth-order valence-corrected chi connectivity index (χ4v) is 1.75. The minimum absolute atomic E-state index is 0.0559. The molecule has 2 aromatic rings. The second kappa shape index (κ2) is 5.85. The van der Waals surface area contributed by atoms with Crippen molar-refractivity contribution in [1.29, 1.82) is 0 Å². The van der Waals surface area contributed by atoms with Crippen LogP contribution in [0.5, 0.6) is 0 Å². The second-order valence-electron chi connectivity index (χ2n) is 3.93. The third kappa shape index (κ3) is 3.22. The van der Waals surface area contributed by atoms with Crippen molar-refractivity contribution < 1.29 is 13.9 Å². The van der Waals surface area contributed by atoms with E-state index >= 15 is 0 Å². The lowest BCUT2D eigenvalue weighted by molar-refractivity contribution is 0.0957. The summed E-state index contributed by atoms with van der Waals surface area (Å²) in [4.78, 5) is 11.9. The fraction of sp³-hybridized carbons (Fsp3) is 0.214. The molecule has 0 aliphatic rings. The van der Waals surface area contributed by atoms with Crippen LogP contribution in [0.2, 0.25) is 5.02 Å². The lowest BCUT2D eigenvalue weighted by Gasteiger charge is -1.99. The fourth-order valence-electron chi connectivity index (χ4n) is 1.62. The zero-order valence-corrected chi connectivity index (χ0v) is 10.7. The average Bonchev–Trinajstić information content (AvgIpc) is 2.81. The number of rotatable bonds is 5. The average molecular weight is 265 g/mol. The molecule has 94 valence electrons. The molecule has 0 atom stereocenters. The van der Waals surface area contributed by atoms with Gasteiger partial charge in [0.2, 0.25) is 5.78 Å². The molecule has 4 heteroatoms. The van der Waals surface area contributed by atoms with Crippen molar-refractivity contribution in [3.8, 4) is 0 Å². The van der Waals surface area contributed by atoms with Crippen molar-refractivity contribution in [2.45, 2.75) is 13.0 Å². The summed E-state index contributed by atoms with van der Waals surface area (Å²) in [6, 6.07) is 10.6. The van der Waals surface area contributed by atoms with Crippen molar-refractivity contribution in [2.75, 3.05) is 7.11 Å². The molecule has 0 N–H and O–H groups in total. The number of benzene rings is 1. The van der Waals surface area contributed by atoms with Crippen molar-refractivity contribution in [3.05, 3.63) is 58.5 Å². The molecule has 0 amide bonds. The van der Waals surface area contributed by atoms with Crippen LogP contribution in [-0.2, 0) is 17.8 Å². The Bertz CT molecular complexity index is 528. The molecular weight excluding hydrogens is 252 g/mol. The van der Waals surface area contributed by atoms with Gasteiger partial charge in [-0.2, -0.15) is 0 Å². The molecule has 0 bridgehead atoms. The standard InChI is InChI=1S/C14H13ClO3/c1-17-9-12-6-7-14(18-12)13(16)8-10-2-4-11(15)5-3-10/h2-7H,8-9H2,1H3. The zero-order valence-electron chi connectivity index (χ0n) is 9.98. The van der Waals surface area contributed by atoms with E-state index in [1.165, 1.54) is 0 Å². The zero-order chi connectivity index (χ0) is 13.0. The summed E-state index contributed by atoms with van der Waals surface area (Å²) < 4.78 is 10.3. The van der Waals surface area contributed by atoms with Crippen LogP contribution in [0.25, 0.3) is 0 Å². The lowest BCUT2D eigenvalue weighted by atomic mass is 10.1. The number of Topliss-reactive ketones (excluding diaryl/α,β-unsaturated/α-hetero) is 1. The van der Waals surface area contributed by atoms with Gasteiger partial charge in [0.25, 0.3) is 0 Å². The van der Waals surface area contributed by atoms with Crippen LogP contribution in [0.3, 0.4) is 0 Å². The first kappa shape index (κ1) is 12.9. The van der Waals surface area contributed by atoms with E-state index < -0.39 is 0 Å². The molecule has 0 fully saturated rings. The molecular formula is C14H13ClO3. The Labute approximate surface area is 110 Å². The van der Waals surface area contributed by atoms with Crippen LogP contribution >= 0.6 is 11.6 Å². The molecule has 1 heterocycles. The number of carbonyl (C=O) groups excluding carboxylic acids is 1. The van der Waals surface area contributed by atoms with Crippen LogP contribution < -0.4 is 0 Å². The number of carbonyl (C=O) groups is 1. The number of hydrogen-bond acceptors (Lipinski definition) is 3. The van der Waals surface area contributed by atoms with Crippen LogP contribution in [0.15, 0.2) is 40.8 Å². The first-order valence-corrected chi connectivity index (χ1v) is 5.92. The molecule has 0 saturated carbocycles. The van der Waals surface area contributed by atoms with E-state index in [1.807, 2.05) is 12.1 Å². The summed E-state index contributed by atoms with van der Waals surface area (Å²) in [6.45, 7) is 0.369. The largest absolute Gasteiger partial charge is 0.456 e. The van der Waals surface area contributed by atoms with Gasteiger partial charge in [-0.3, -0.25) is 4.79 Å². The second-order valence-corrected chi connectivity index (χ2v) is 4.36. The molecule has 0 saturated heterocycles. The van der Waals surface area contributed by atoms with Gasteiger partial charge >= 0.3 is 0 Å². The van der Waals surface area contributed by atoms with E-state index in [9.17, 15) is 4.79 Å². The molecule has 2 rings (SSSR count). The van der Waals surface area contributed by atoms with Gasteiger partial charge in [-0.05, 0) is 29.8 Å². The smallest absolute Gasteiger partial charge is 0.202 e. The van der Waals surface area contributed by atoms with Crippen molar-refractivity contribution in [3.63, 3.8) is 0 Å². The third-order valence-corrected chi connectivity index (χ3v) is 2.75. The van der Waals surface area contributed by atoms with Gasteiger partial charge in [0.05, 0.1) is 0 Å². The Morgan fingerprint density at radius 2 is 1.94 bits per heavy atom. The van der Waals surface area contributed by atoms with E-state index in [-0.39, 0.29) is 5.78 Å². The molecule has 0 unspecified atom stereocenters. The van der Waals surface area contributed by atoms with Crippen molar-refractivity contribution >= 4 is 17.4 Å². The summed E-state index contributed by atoms with van der Waals surface area (Å²) in [6.07, 6.45) is 0.303. The quantitative estimate of drug-likeness (QED) is 0.776. The number of methoxy groups -OCH3 is 1. The van der Waals surface area contributed by atoms with E-state index in [0.29, 0.717) is 29.6 Å². The molecule has 0 radical (unpaired) electrons. The highest BCUT2D eigenvalue weighted by Gasteiger charge is 2.11. The Morgan fingerprint density at radius 1 is 1.22 bits per heavy atom. The predicted octanol–water partition coefficient (Wildman–Crippen LogP) is 3.50. The first-order valence-electron chi connectivity index (χ1n) is 5.54. The van der Waals surface area contributed by atoms with E-state index in [1.54, 1.807) is 31.4 Å². The number of furan rings is 1. The number of ketones is 1.